The van der Waals surface area contributed by atoms with Gasteiger partial charge in [-0.25, -0.2) is 9.97 Å². The first kappa shape index (κ1) is 13.6. The van der Waals surface area contributed by atoms with E-state index in [9.17, 15) is 0 Å². The molecule has 1 aromatic rings. The van der Waals surface area contributed by atoms with Gasteiger partial charge in [-0.1, -0.05) is 13.8 Å². The van der Waals surface area contributed by atoms with E-state index in [4.69, 9.17) is 0 Å². The van der Waals surface area contributed by atoms with Gasteiger partial charge < -0.3 is 10.2 Å². The molecule has 1 aromatic heterocycles. The Kier molecular flexibility index (Phi) is 5.97. The minimum atomic E-state index is 0.524. The largest absolute Gasteiger partial charge is 0.340 e. The molecule has 0 bridgehead atoms. The van der Waals surface area contributed by atoms with Crippen LogP contribution in [0, 0.1) is 3.57 Å². The lowest BCUT2D eigenvalue weighted by molar-refractivity contribution is 0.580. The van der Waals surface area contributed by atoms with Crippen LogP contribution in [0.3, 0.4) is 0 Å². The summed E-state index contributed by atoms with van der Waals surface area (Å²) >= 11 is 2.21. The summed E-state index contributed by atoms with van der Waals surface area (Å²) in [5.74, 6) is 0.813. The summed E-state index contributed by atoms with van der Waals surface area (Å²) in [4.78, 5) is 10.8. The van der Waals surface area contributed by atoms with E-state index in [0.717, 1.165) is 29.2 Å². The highest BCUT2D eigenvalue weighted by molar-refractivity contribution is 14.1. The topological polar surface area (TPSA) is 41.0 Å². The Morgan fingerprint density at radius 2 is 2.00 bits per heavy atom. The number of likely N-dealkylation sites (N-methyl/N-ethyl adjacent to an activating group) is 1. The zero-order chi connectivity index (χ0) is 12.0. The lowest BCUT2D eigenvalue weighted by atomic mass is 10.4. The third-order valence-electron chi connectivity index (χ3n) is 2.21. The Morgan fingerprint density at radius 3 is 2.50 bits per heavy atom. The van der Waals surface area contributed by atoms with Crippen molar-refractivity contribution in [3.63, 3.8) is 0 Å². The van der Waals surface area contributed by atoms with Gasteiger partial charge in [0, 0.05) is 41.6 Å². The average Bonchev–Trinajstić information content (AvgIpc) is 2.26. The molecule has 0 aliphatic heterocycles. The van der Waals surface area contributed by atoms with Gasteiger partial charge in [-0.2, -0.15) is 0 Å². The van der Waals surface area contributed by atoms with Crippen molar-refractivity contribution in [3.8, 4) is 0 Å². The molecule has 0 unspecified atom stereocenters. The number of halogens is 1. The first-order chi connectivity index (χ1) is 7.63. The number of aromatic nitrogens is 2. The van der Waals surface area contributed by atoms with Crippen molar-refractivity contribution in [3.05, 3.63) is 16.0 Å². The van der Waals surface area contributed by atoms with Gasteiger partial charge in [-0.05, 0) is 29.5 Å². The Hall–Kier alpha value is -0.430. The van der Waals surface area contributed by atoms with Crippen LogP contribution in [-0.4, -0.2) is 35.6 Å². The van der Waals surface area contributed by atoms with Crippen LogP contribution in [0.2, 0.25) is 0 Å². The zero-order valence-corrected chi connectivity index (χ0v) is 12.2. The second-order valence-corrected chi connectivity index (χ2v) is 5.14. The van der Waals surface area contributed by atoms with Crippen molar-refractivity contribution in [1.29, 1.82) is 0 Å². The van der Waals surface area contributed by atoms with E-state index in [1.807, 2.05) is 12.4 Å². The summed E-state index contributed by atoms with van der Waals surface area (Å²) in [6.45, 7) is 9.25. The molecule has 0 atom stereocenters. The molecule has 1 N–H and O–H groups in total. The molecule has 0 fully saturated rings. The van der Waals surface area contributed by atoms with E-state index in [1.54, 1.807) is 0 Å². The van der Waals surface area contributed by atoms with Gasteiger partial charge in [0.2, 0.25) is 5.95 Å². The molecular weight excluding hydrogens is 315 g/mol. The molecular formula is C11H19IN4. The molecule has 0 spiro atoms. The van der Waals surface area contributed by atoms with E-state index in [1.165, 1.54) is 0 Å². The van der Waals surface area contributed by atoms with Gasteiger partial charge in [0.25, 0.3) is 0 Å². The second-order valence-electron chi connectivity index (χ2n) is 3.89. The van der Waals surface area contributed by atoms with Crippen LogP contribution in [0.25, 0.3) is 0 Å². The van der Waals surface area contributed by atoms with Crippen molar-refractivity contribution in [1.82, 2.24) is 15.3 Å². The van der Waals surface area contributed by atoms with Gasteiger partial charge in [-0.15, -0.1) is 0 Å². The fourth-order valence-electron chi connectivity index (χ4n) is 1.36. The Bertz CT molecular complexity index is 299. The summed E-state index contributed by atoms with van der Waals surface area (Å²) in [7, 11) is 0. The van der Waals surface area contributed by atoms with Crippen LogP contribution in [-0.2, 0) is 0 Å². The molecule has 5 heteroatoms. The third-order valence-corrected chi connectivity index (χ3v) is 2.76. The summed E-state index contributed by atoms with van der Waals surface area (Å²) in [5.41, 5.74) is 0. The van der Waals surface area contributed by atoms with Crippen molar-refractivity contribution in [2.75, 3.05) is 24.5 Å². The van der Waals surface area contributed by atoms with Crippen LogP contribution in [0.4, 0.5) is 5.95 Å². The first-order valence-electron chi connectivity index (χ1n) is 5.59. The van der Waals surface area contributed by atoms with E-state index in [0.29, 0.717) is 6.04 Å². The number of hydrogen-bond donors (Lipinski definition) is 1. The molecule has 0 radical (unpaired) electrons. The van der Waals surface area contributed by atoms with Crippen LogP contribution in [0.15, 0.2) is 12.4 Å². The molecule has 0 saturated carbocycles. The monoisotopic (exact) mass is 334 g/mol. The van der Waals surface area contributed by atoms with E-state index >= 15 is 0 Å². The number of nitrogens with one attached hydrogen (secondary N) is 1. The quantitative estimate of drug-likeness (QED) is 0.807. The molecule has 0 aromatic carbocycles. The van der Waals surface area contributed by atoms with E-state index in [-0.39, 0.29) is 0 Å². The molecule has 4 nitrogen and oxygen atoms in total. The molecule has 16 heavy (non-hydrogen) atoms. The lowest BCUT2D eigenvalue weighted by Crippen LogP contribution is -2.35. The number of nitrogens with zero attached hydrogens (tertiary/aromatic N) is 3. The SMILES string of the molecule is CCN(CCNC(C)C)c1ncc(I)cn1. The van der Waals surface area contributed by atoms with Crippen LogP contribution in [0.1, 0.15) is 20.8 Å². The summed E-state index contributed by atoms with van der Waals surface area (Å²) in [6.07, 6.45) is 3.70. The summed E-state index contributed by atoms with van der Waals surface area (Å²) in [6, 6.07) is 0.524. The molecule has 1 rings (SSSR count). The molecule has 1 heterocycles. The molecule has 0 aliphatic carbocycles. The standard InChI is InChI=1S/C11H19IN4/c1-4-16(6-5-13-9(2)3)11-14-7-10(12)8-15-11/h7-9,13H,4-6H2,1-3H3. The van der Waals surface area contributed by atoms with Gasteiger partial charge in [0.1, 0.15) is 0 Å². The van der Waals surface area contributed by atoms with Gasteiger partial charge in [-0.3, -0.25) is 0 Å². The smallest absolute Gasteiger partial charge is 0.225 e. The van der Waals surface area contributed by atoms with E-state index in [2.05, 4.69) is 63.5 Å². The van der Waals surface area contributed by atoms with Crippen LogP contribution < -0.4 is 10.2 Å². The zero-order valence-electron chi connectivity index (χ0n) is 10.1. The first-order valence-corrected chi connectivity index (χ1v) is 6.67. The highest BCUT2D eigenvalue weighted by atomic mass is 127. The predicted molar refractivity (Wildman–Crippen MR) is 75.8 cm³/mol. The maximum atomic E-state index is 4.33. The predicted octanol–water partition coefficient (Wildman–Crippen LogP) is 1.91. The molecule has 0 saturated heterocycles. The Balaban J connectivity index is 2.50. The Morgan fingerprint density at radius 1 is 1.38 bits per heavy atom. The fourth-order valence-corrected chi connectivity index (χ4v) is 1.64. The maximum absolute atomic E-state index is 4.33. The second kappa shape index (κ2) is 7.01. The highest BCUT2D eigenvalue weighted by Crippen LogP contribution is 2.07. The van der Waals surface area contributed by atoms with Crippen LogP contribution in [0.5, 0.6) is 0 Å². The van der Waals surface area contributed by atoms with Gasteiger partial charge >= 0.3 is 0 Å². The van der Waals surface area contributed by atoms with Crippen molar-refractivity contribution in [2.45, 2.75) is 26.8 Å². The third kappa shape index (κ3) is 4.61. The van der Waals surface area contributed by atoms with E-state index < -0.39 is 0 Å². The van der Waals surface area contributed by atoms with Gasteiger partial charge in [0.05, 0.1) is 0 Å². The average molecular weight is 334 g/mol. The van der Waals surface area contributed by atoms with Crippen LogP contribution >= 0.6 is 22.6 Å². The lowest BCUT2D eigenvalue weighted by Gasteiger charge is -2.21. The van der Waals surface area contributed by atoms with Crippen molar-refractivity contribution >= 4 is 28.5 Å². The maximum Gasteiger partial charge on any atom is 0.225 e. The van der Waals surface area contributed by atoms with Crippen molar-refractivity contribution in [2.24, 2.45) is 0 Å². The number of rotatable bonds is 6. The summed E-state index contributed by atoms with van der Waals surface area (Å²) < 4.78 is 1.07. The summed E-state index contributed by atoms with van der Waals surface area (Å²) in [5, 5.41) is 3.39. The minimum Gasteiger partial charge on any atom is -0.340 e. The molecule has 0 aliphatic rings. The van der Waals surface area contributed by atoms with Gasteiger partial charge in [0.15, 0.2) is 0 Å². The highest BCUT2D eigenvalue weighted by Gasteiger charge is 2.06. The molecule has 0 amide bonds. The normalized spacial score (nSPS) is 10.8. The van der Waals surface area contributed by atoms with Crippen molar-refractivity contribution < 1.29 is 0 Å². The fraction of sp³-hybridized carbons (Fsp3) is 0.636. The number of hydrogen-bond acceptors (Lipinski definition) is 4. The Labute approximate surface area is 111 Å². The minimum absolute atomic E-state index is 0.524. The molecule has 90 valence electrons. The number of anilines is 1.